The molecule has 2 aromatic carbocycles. The molecule has 0 unspecified atom stereocenters. The van der Waals surface area contributed by atoms with E-state index in [-0.39, 0.29) is 10.8 Å². The number of nitrogens with zero attached hydrogens (tertiary/aromatic N) is 1. The predicted molar refractivity (Wildman–Crippen MR) is 107 cm³/mol. The molecule has 0 saturated carbocycles. The lowest BCUT2D eigenvalue weighted by Crippen LogP contribution is -3.12. The smallest absolute Gasteiger partial charge is 0.255 e. The number of sulfonamides is 1. The van der Waals surface area contributed by atoms with Crippen molar-refractivity contribution in [1.82, 2.24) is 4.31 Å². The van der Waals surface area contributed by atoms with E-state index in [1.165, 1.54) is 33.5 Å². The lowest BCUT2D eigenvalue weighted by Gasteiger charge is -2.29. The largest absolute Gasteiger partial charge is 0.486 e. The highest BCUT2D eigenvalue weighted by Crippen LogP contribution is 2.32. The summed E-state index contributed by atoms with van der Waals surface area (Å²) >= 11 is 0. The molecule has 0 aromatic heterocycles. The lowest BCUT2D eigenvalue weighted by molar-refractivity contribution is -0.883. The van der Waals surface area contributed by atoms with E-state index in [0.717, 1.165) is 13.1 Å². The third-order valence-corrected chi connectivity index (χ3v) is 7.04. The number of piperazine rings is 1. The van der Waals surface area contributed by atoms with Gasteiger partial charge in [-0.25, -0.2) is 8.42 Å². The van der Waals surface area contributed by atoms with Gasteiger partial charge >= 0.3 is 0 Å². The Morgan fingerprint density at radius 3 is 2.34 bits per heavy atom. The van der Waals surface area contributed by atoms with Crippen LogP contribution in [0.25, 0.3) is 0 Å². The Bertz CT molecular complexity index is 999. The molecule has 2 aromatic rings. The summed E-state index contributed by atoms with van der Waals surface area (Å²) in [5, 5.41) is 2.80. The van der Waals surface area contributed by atoms with Gasteiger partial charge in [0.2, 0.25) is 10.0 Å². The van der Waals surface area contributed by atoms with Gasteiger partial charge in [-0.2, -0.15) is 4.31 Å². The van der Waals surface area contributed by atoms with E-state index >= 15 is 0 Å². The topological polar surface area (TPSA) is 89.4 Å². The van der Waals surface area contributed by atoms with Crippen molar-refractivity contribution >= 4 is 21.6 Å². The Morgan fingerprint density at radius 2 is 1.66 bits per heavy atom. The Kier molecular flexibility index (Phi) is 5.44. The number of ether oxygens (including phenoxy) is 2. The number of nitrogens with one attached hydrogen (secondary N) is 2. The zero-order valence-corrected chi connectivity index (χ0v) is 17.0. The van der Waals surface area contributed by atoms with Crippen LogP contribution in [-0.2, 0) is 10.0 Å². The summed E-state index contributed by atoms with van der Waals surface area (Å²) in [6, 6.07) is 11.2. The fourth-order valence-electron chi connectivity index (χ4n) is 3.36. The van der Waals surface area contributed by atoms with Crippen LogP contribution in [-0.4, -0.2) is 65.1 Å². The zero-order chi connectivity index (χ0) is 20.4. The van der Waals surface area contributed by atoms with E-state index in [2.05, 4.69) is 12.4 Å². The maximum atomic E-state index is 12.8. The molecule has 1 amide bonds. The number of carbonyl (C=O) groups excluding carboxylic acids is 1. The molecule has 2 N–H and O–H groups in total. The van der Waals surface area contributed by atoms with Crippen LogP contribution in [0.3, 0.4) is 0 Å². The molecule has 0 radical (unpaired) electrons. The summed E-state index contributed by atoms with van der Waals surface area (Å²) in [7, 11) is -1.48. The normalized spacial score (nSPS) is 17.7. The van der Waals surface area contributed by atoms with E-state index in [1.807, 2.05) is 0 Å². The number of hydrogen-bond donors (Lipinski definition) is 2. The minimum Gasteiger partial charge on any atom is -0.486 e. The minimum atomic E-state index is -3.54. The number of likely N-dealkylation sites (N-methyl/N-ethyl adjacent to an activating group) is 1. The summed E-state index contributed by atoms with van der Waals surface area (Å²) in [6.45, 7) is 3.55. The van der Waals surface area contributed by atoms with E-state index in [1.54, 1.807) is 18.2 Å². The molecule has 2 aliphatic heterocycles. The maximum Gasteiger partial charge on any atom is 0.255 e. The number of fused-ring (bicyclic) bond motifs is 1. The van der Waals surface area contributed by atoms with Gasteiger partial charge in [-0.3, -0.25) is 4.79 Å². The van der Waals surface area contributed by atoms with Crippen LogP contribution in [0.2, 0.25) is 0 Å². The van der Waals surface area contributed by atoms with Gasteiger partial charge in [0.25, 0.3) is 5.91 Å². The number of anilines is 1. The molecule has 29 heavy (non-hydrogen) atoms. The fourth-order valence-corrected chi connectivity index (χ4v) is 4.80. The number of rotatable bonds is 4. The molecule has 9 heteroatoms. The predicted octanol–water partition coefficient (Wildman–Crippen LogP) is 0.229. The van der Waals surface area contributed by atoms with Crippen LogP contribution in [0.4, 0.5) is 5.69 Å². The van der Waals surface area contributed by atoms with Crippen molar-refractivity contribution in [2.45, 2.75) is 4.90 Å². The highest BCUT2D eigenvalue weighted by Gasteiger charge is 2.29. The highest BCUT2D eigenvalue weighted by molar-refractivity contribution is 7.89. The van der Waals surface area contributed by atoms with Crippen molar-refractivity contribution in [3.8, 4) is 11.5 Å². The van der Waals surface area contributed by atoms with Crippen molar-refractivity contribution in [1.29, 1.82) is 0 Å². The Labute approximate surface area is 170 Å². The minimum absolute atomic E-state index is 0.202. The fraction of sp³-hybridized carbons (Fsp3) is 0.350. The van der Waals surface area contributed by atoms with Gasteiger partial charge in [-0.15, -0.1) is 0 Å². The monoisotopic (exact) mass is 418 g/mol. The van der Waals surface area contributed by atoms with Crippen LogP contribution in [0.1, 0.15) is 10.4 Å². The Morgan fingerprint density at radius 1 is 1.00 bits per heavy atom. The summed E-state index contributed by atoms with van der Waals surface area (Å²) in [5.74, 6) is 0.910. The van der Waals surface area contributed by atoms with Gasteiger partial charge in [-0.1, -0.05) is 0 Å². The van der Waals surface area contributed by atoms with Crippen molar-refractivity contribution in [3.05, 3.63) is 48.0 Å². The molecule has 2 heterocycles. The van der Waals surface area contributed by atoms with E-state index < -0.39 is 10.0 Å². The first-order chi connectivity index (χ1) is 13.9. The van der Waals surface area contributed by atoms with E-state index in [4.69, 9.17) is 9.47 Å². The summed E-state index contributed by atoms with van der Waals surface area (Å²) < 4.78 is 38.1. The van der Waals surface area contributed by atoms with Gasteiger partial charge in [0.1, 0.15) is 13.2 Å². The summed E-state index contributed by atoms with van der Waals surface area (Å²) in [4.78, 5) is 14.1. The van der Waals surface area contributed by atoms with E-state index in [0.29, 0.717) is 49.1 Å². The van der Waals surface area contributed by atoms with Crippen molar-refractivity contribution in [2.75, 3.05) is 51.8 Å². The van der Waals surface area contributed by atoms with Crippen molar-refractivity contribution in [2.24, 2.45) is 0 Å². The molecule has 4 rings (SSSR count). The van der Waals surface area contributed by atoms with Gasteiger partial charge in [-0.05, 0) is 36.4 Å². The second kappa shape index (κ2) is 8.02. The van der Waals surface area contributed by atoms with Crippen LogP contribution in [0.5, 0.6) is 11.5 Å². The zero-order valence-electron chi connectivity index (χ0n) is 16.2. The molecule has 1 fully saturated rings. The molecule has 2 aliphatic rings. The molecule has 0 spiro atoms. The van der Waals surface area contributed by atoms with Crippen LogP contribution in [0, 0.1) is 0 Å². The summed E-state index contributed by atoms with van der Waals surface area (Å²) in [5.41, 5.74) is 0.956. The van der Waals surface area contributed by atoms with Crippen LogP contribution in [0.15, 0.2) is 47.4 Å². The quantitative estimate of drug-likeness (QED) is 0.742. The Hall–Kier alpha value is -2.62. The third kappa shape index (κ3) is 4.21. The van der Waals surface area contributed by atoms with Crippen LogP contribution >= 0.6 is 0 Å². The first-order valence-electron chi connectivity index (χ1n) is 9.56. The first-order valence-corrected chi connectivity index (χ1v) is 11.0. The number of amides is 1. The van der Waals surface area contributed by atoms with Crippen molar-refractivity contribution < 1.29 is 27.6 Å². The first kappa shape index (κ1) is 19.7. The van der Waals surface area contributed by atoms with Crippen LogP contribution < -0.4 is 19.7 Å². The second-order valence-corrected chi connectivity index (χ2v) is 9.14. The number of carbonyl (C=O) groups is 1. The maximum absolute atomic E-state index is 12.8. The molecule has 0 atom stereocenters. The molecule has 0 aliphatic carbocycles. The molecule has 1 saturated heterocycles. The average molecular weight is 418 g/mol. The van der Waals surface area contributed by atoms with Gasteiger partial charge in [0, 0.05) is 17.3 Å². The highest BCUT2D eigenvalue weighted by atomic mass is 32.2. The third-order valence-electron chi connectivity index (χ3n) is 5.13. The van der Waals surface area contributed by atoms with E-state index in [9.17, 15) is 13.2 Å². The SMILES string of the molecule is C[NH+]1CCN(S(=O)(=O)c2ccc(C(=O)Nc3ccc4c(c3)OCCO4)cc2)CC1. The van der Waals surface area contributed by atoms with Gasteiger partial charge in [0.15, 0.2) is 11.5 Å². The molecular weight excluding hydrogens is 394 g/mol. The number of quaternary nitrogens is 1. The van der Waals surface area contributed by atoms with Gasteiger partial charge < -0.3 is 19.7 Å². The molecular formula is C20H24N3O5S+. The molecule has 154 valence electrons. The standard InChI is InChI=1S/C20H23N3O5S/c1-22-8-10-23(11-9-22)29(25,26)17-5-2-15(3-6-17)20(24)21-16-4-7-18-19(14-16)28-13-12-27-18/h2-7,14H,8-13H2,1H3,(H,21,24)/p+1. The number of hydrogen-bond acceptors (Lipinski definition) is 5. The lowest BCUT2D eigenvalue weighted by atomic mass is 10.2. The Balaban J connectivity index is 1.45. The molecule has 8 nitrogen and oxygen atoms in total. The number of benzene rings is 2. The second-order valence-electron chi connectivity index (χ2n) is 7.20. The van der Waals surface area contributed by atoms with Gasteiger partial charge in [0.05, 0.1) is 38.1 Å². The molecule has 0 bridgehead atoms. The summed E-state index contributed by atoms with van der Waals surface area (Å²) in [6.07, 6.45) is 0. The van der Waals surface area contributed by atoms with Crippen molar-refractivity contribution in [3.63, 3.8) is 0 Å². The average Bonchev–Trinajstić information content (AvgIpc) is 2.74.